The second-order valence-electron chi connectivity index (χ2n) is 7.33. The van der Waals surface area contributed by atoms with Gasteiger partial charge in [-0.3, -0.25) is 4.79 Å². The van der Waals surface area contributed by atoms with Crippen LogP contribution in [0.3, 0.4) is 0 Å². The number of carbonyl (C=O) groups is 1. The maximum atomic E-state index is 12.3. The molecule has 2 unspecified atom stereocenters. The Morgan fingerprint density at radius 3 is 2.42 bits per heavy atom. The second kappa shape index (κ2) is 7.81. The third-order valence-electron chi connectivity index (χ3n) is 4.92. The van der Waals surface area contributed by atoms with E-state index < -0.39 is 5.54 Å². The lowest BCUT2D eigenvalue weighted by Gasteiger charge is -2.26. The number of aryl methyl sites for hydroxylation is 1. The van der Waals surface area contributed by atoms with Gasteiger partial charge in [-0.2, -0.15) is 5.26 Å². The summed E-state index contributed by atoms with van der Waals surface area (Å²) >= 11 is 0. The molecule has 1 aromatic carbocycles. The molecule has 0 heterocycles. The van der Waals surface area contributed by atoms with Gasteiger partial charge < -0.3 is 10.6 Å². The van der Waals surface area contributed by atoms with E-state index in [2.05, 4.69) is 61.7 Å². The lowest BCUT2D eigenvalue weighted by molar-refractivity contribution is -0.121. The fraction of sp³-hybridized carbons (Fsp3) is 0.600. The number of hydrogen-bond donors (Lipinski definition) is 2. The van der Waals surface area contributed by atoms with E-state index in [-0.39, 0.29) is 18.5 Å². The molecule has 0 aromatic heterocycles. The quantitative estimate of drug-likeness (QED) is 0.769. The maximum absolute atomic E-state index is 12.3. The smallest absolute Gasteiger partial charge is 0.235 e. The van der Waals surface area contributed by atoms with Crippen molar-refractivity contribution in [2.75, 3.05) is 6.54 Å². The summed E-state index contributed by atoms with van der Waals surface area (Å²) in [6, 6.07) is 11.0. The number of nitrogens with zero attached hydrogens (tertiary/aromatic N) is 1. The minimum Gasteiger partial charge on any atom is -0.337 e. The first kappa shape index (κ1) is 18.5. The average Bonchev–Trinajstić information content (AvgIpc) is 3.40. The highest BCUT2D eigenvalue weighted by atomic mass is 16.2. The van der Waals surface area contributed by atoms with Crippen LogP contribution in [0.5, 0.6) is 0 Å². The Morgan fingerprint density at radius 2 is 1.96 bits per heavy atom. The van der Waals surface area contributed by atoms with Crippen molar-refractivity contribution >= 4 is 5.91 Å². The Bertz CT molecular complexity index is 598. The Balaban J connectivity index is 1.95. The van der Waals surface area contributed by atoms with E-state index in [1.54, 1.807) is 0 Å². The second-order valence-corrected chi connectivity index (χ2v) is 7.33. The first-order valence-corrected chi connectivity index (χ1v) is 8.94. The minimum atomic E-state index is -0.727. The number of benzene rings is 1. The summed E-state index contributed by atoms with van der Waals surface area (Å²) in [5, 5.41) is 15.6. The van der Waals surface area contributed by atoms with Gasteiger partial charge in [-0.1, -0.05) is 45.0 Å². The fourth-order valence-electron chi connectivity index (χ4n) is 3.12. The zero-order chi connectivity index (χ0) is 17.7. The molecule has 24 heavy (non-hydrogen) atoms. The molecule has 2 rings (SSSR count). The van der Waals surface area contributed by atoms with Crippen molar-refractivity contribution in [2.24, 2.45) is 11.8 Å². The number of amides is 1. The molecule has 0 radical (unpaired) electrons. The highest BCUT2D eigenvalue weighted by Gasteiger charge is 2.42. The predicted octanol–water partition coefficient (Wildman–Crippen LogP) is 3.34. The van der Waals surface area contributed by atoms with Gasteiger partial charge in [-0.05, 0) is 49.1 Å². The van der Waals surface area contributed by atoms with Crippen molar-refractivity contribution in [3.63, 3.8) is 0 Å². The molecule has 0 spiro atoms. The molecule has 1 saturated carbocycles. The van der Waals surface area contributed by atoms with Crippen LogP contribution in [0.15, 0.2) is 24.3 Å². The molecule has 2 N–H and O–H groups in total. The minimum absolute atomic E-state index is 0.109. The predicted molar refractivity (Wildman–Crippen MR) is 96.3 cm³/mol. The number of nitrogens with one attached hydrogen (secondary N) is 2. The summed E-state index contributed by atoms with van der Waals surface area (Å²) in [5.41, 5.74) is 1.78. The number of hydrogen-bond acceptors (Lipinski definition) is 3. The van der Waals surface area contributed by atoms with Crippen LogP contribution in [0.2, 0.25) is 0 Å². The third-order valence-corrected chi connectivity index (χ3v) is 4.92. The van der Waals surface area contributed by atoms with Gasteiger partial charge in [-0.15, -0.1) is 0 Å². The van der Waals surface area contributed by atoms with Gasteiger partial charge in [0.1, 0.15) is 5.54 Å². The van der Waals surface area contributed by atoms with Crippen molar-refractivity contribution in [1.82, 2.24) is 10.6 Å². The molecule has 0 aliphatic heterocycles. The van der Waals surface area contributed by atoms with E-state index in [0.29, 0.717) is 11.8 Å². The maximum Gasteiger partial charge on any atom is 0.235 e. The summed E-state index contributed by atoms with van der Waals surface area (Å²) in [6.07, 6.45) is 3.07. The largest absolute Gasteiger partial charge is 0.337 e. The van der Waals surface area contributed by atoms with Crippen LogP contribution in [-0.2, 0) is 11.2 Å². The van der Waals surface area contributed by atoms with Gasteiger partial charge in [-0.25, -0.2) is 0 Å². The van der Waals surface area contributed by atoms with Crippen molar-refractivity contribution in [2.45, 2.75) is 58.5 Å². The van der Waals surface area contributed by atoms with Gasteiger partial charge in [0.05, 0.1) is 12.6 Å². The molecule has 4 nitrogen and oxygen atoms in total. The zero-order valence-electron chi connectivity index (χ0n) is 15.2. The molecule has 1 aliphatic rings. The number of rotatable bonds is 8. The molecule has 2 atom stereocenters. The monoisotopic (exact) mass is 327 g/mol. The van der Waals surface area contributed by atoms with Gasteiger partial charge in [0.2, 0.25) is 5.91 Å². The Morgan fingerprint density at radius 1 is 1.33 bits per heavy atom. The summed E-state index contributed by atoms with van der Waals surface area (Å²) < 4.78 is 0. The Labute approximate surface area is 145 Å². The van der Waals surface area contributed by atoms with E-state index in [0.717, 1.165) is 19.3 Å². The van der Waals surface area contributed by atoms with Gasteiger partial charge in [0, 0.05) is 6.04 Å². The van der Waals surface area contributed by atoms with Crippen molar-refractivity contribution in [3.8, 4) is 6.07 Å². The van der Waals surface area contributed by atoms with Gasteiger partial charge >= 0.3 is 0 Å². The molecular formula is C20H29N3O. The van der Waals surface area contributed by atoms with E-state index in [4.69, 9.17) is 0 Å². The molecule has 0 bridgehead atoms. The molecule has 1 aromatic rings. The van der Waals surface area contributed by atoms with Crippen LogP contribution in [0.1, 0.15) is 57.7 Å². The Kier molecular flexibility index (Phi) is 6.01. The highest BCUT2D eigenvalue weighted by molar-refractivity contribution is 5.79. The molecule has 0 saturated heterocycles. The van der Waals surface area contributed by atoms with Crippen molar-refractivity contribution < 1.29 is 4.79 Å². The summed E-state index contributed by atoms with van der Waals surface area (Å²) in [7, 11) is 0. The van der Waals surface area contributed by atoms with E-state index >= 15 is 0 Å². The molecule has 1 fully saturated rings. The van der Waals surface area contributed by atoms with Crippen molar-refractivity contribution in [3.05, 3.63) is 35.4 Å². The molecule has 130 valence electrons. The Hall–Kier alpha value is -1.86. The molecule has 1 aliphatic carbocycles. The average molecular weight is 327 g/mol. The van der Waals surface area contributed by atoms with Gasteiger partial charge in [0.25, 0.3) is 0 Å². The first-order chi connectivity index (χ1) is 11.4. The molecule has 1 amide bonds. The lowest BCUT2D eigenvalue weighted by atomic mass is 9.94. The van der Waals surface area contributed by atoms with Crippen LogP contribution < -0.4 is 10.6 Å². The lowest BCUT2D eigenvalue weighted by Crippen LogP contribution is -2.50. The normalized spacial score (nSPS) is 17.8. The van der Waals surface area contributed by atoms with Crippen LogP contribution in [-0.4, -0.2) is 18.0 Å². The SMILES string of the molecule is CCc1ccc(C(NCC(=O)NC(C)(C#N)C2CC2)C(C)C)cc1. The standard InChI is InChI=1S/C20H29N3O/c1-5-15-6-8-16(9-7-15)19(14(2)3)22-12-18(24)23-20(4,13-21)17-10-11-17/h6-9,14,17,19,22H,5,10-12H2,1-4H3,(H,23,24). The first-order valence-electron chi connectivity index (χ1n) is 8.94. The van der Waals surface area contributed by atoms with E-state index in [9.17, 15) is 10.1 Å². The molecule has 4 heteroatoms. The van der Waals surface area contributed by atoms with Crippen LogP contribution in [0.25, 0.3) is 0 Å². The summed E-state index contributed by atoms with van der Waals surface area (Å²) in [4.78, 5) is 12.3. The number of nitriles is 1. The zero-order valence-corrected chi connectivity index (χ0v) is 15.2. The highest BCUT2D eigenvalue weighted by Crippen LogP contribution is 2.39. The fourth-order valence-corrected chi connectivity index (χ4v) is 3.12. The summed E-state index contributed by atoms with van der Waals surface area (Å²) in [5.74, 6) is 0.562. The van der Waals surface area contributed by atoms with E-state index in [1.807, 2.05) is 6.92 Å². The van der Waals surface area contributed by atoms with Crippen LogP contribution in [0, 0.1) is 23.2 Å². The van der Waals surface area contributed by atoms with Crippen molar-refractivity contribution in [1.29, 1.82) is 5.26 Å². The van der Waals surface area contributed by atoms with Gasteiger partial charge in [0.15, 0.2) is 0 Å². The third kappa shape index (κ3) is 4.58. The molecular weight excluding hydrogens is 298 g/mol. The topological polar surface area (TPSA) is 64.9 Å². The number of carbonyl (C=O) groups excluding carboxylic acids is 1. The van der Waals surface area contributed by atoms with E-state index in [1.165, 1.54) is 11.1 Å². The summed E-state index contributed by atoms with van der Waals surface area (Å²) in [6.45, 7) is 8.48. The van der Waals surface area contributed by atoms with Crippen LogP contribution >= 0.6 is 0 Å². The van der Waals surface area contributed by atoms with Crippen LogP contribution in [0.4, 0.5) is 0 Å².